The Bertz CT molecular complexity index is 1210. The number of nitrogens with one attached hydrogen (secondary N) is 1. The van der Waals surface area contributed by atoms with Crippen LogP contribution in [0, 0.1) is 13.8 Å². The summed E-state index contributed by atoms with van der Waals surface area (Å²) in [6.07, 6.45) is 3.62. The lowest BCUT2D eigenvalue weighted by Crippen LogP contribution is -2.20. The molecule has 4 aromatic rings. The van der Waals surface area contributed by atoms with Crippen molar-refractivity contribution < 1.29 is 4.79 Å². The molecule has 6 nitrogen and oxygen atoms in total. The van der Waals surface area contributed by atoms with Crippen molar-refractivity contribution in [1.82, 2.24) is 20.0 Å². The van der Waals surface area contributed by atoms with Gasteiger partial charge in [-0.3, -0.25) is 4.79 Å². The molecule has 0 fully saturated rings. The van der Waals surface area contributed by atoms with E-state index >= 15 is 0 Å². The average molecular weight is 416 g/mol. The molecule has 0 radical (unpaired) electrons. The second-order valence-electron chi connectivity index (χ2n) is 6.85. The first kappa shape index (κ1) is 19.8. The van der Waals surface area contributed by atoms with E-state index in [1.807, 2.05) is 54.9 Å². The monoisotopic (exact) mass is 415 g/mol. The van der Waals surface area contributed by atoms with Crippen molar-refractivity contribution in [1.29, 1.82) is 0 Å². The fourth-order valence-corrected chi connectivity index (χ4v) is 3.89. The second kappa shape index (κ2) is 8.92. The van der Waals surface area contributed by atoms with Gasteiger partial charge in [0, 0.05) is 23.3 Å². The number of carbonyl (C=O) groups is 1. The van der Waals surface area contributed by atoms with Crippen LogP contribution in [0.3, 0.4) is 0 Å². The van der Waals surface area contributed by atoms with E-state index in [1.165, 1.54) is 22.5 Å². The Labute approximate surface area is 179 Å². The van der Waals surface area contributed by atoms with Crippen LogP contribution in [-0.4, -0.2) is 32.4 Å². The molecule has 0 atom stereocenters. The van der Waals surface area contributed by atoms with Crippen LogP contribution in [-0.2, 0) is 4.79 Å². The zero-order valence-corrected chi connectivity index (χ0v) is 17.6. The normalized spacial score (nSPS) is 11.3. The van der Waals surface area contributed by atoms with Gasteiger partial charge in [0.25, 0.3) is 5.91 Å². The van der Waals surface area contributed by atoms with Gasteiger partial charge in [-0.15, -0.1) is 0 Å². The van der Waals surface area contributed by atoms with E-state index in [4.69, 9.17) is 0 Å². The molecule has 7 heteroatoms. The molecule has 30 heavy (non-hydrogen) atoms. The summed E-state index contributed by atoms with van der Waals surface area (Å²) in [5.41, 5.74) is 6.25. The number of benzene rings is 2. The Balaban J connectivity index is 1.40. The quantitative estimate of drug-likeness (QED) is 0.221. The first-order valence-electron chi connectivity index (χ1n) is 9.52. The number of aromatic nitrogens is 3. The summed E-state index contributed by atoms with van der Waals surface area (Å²) in [6, 6.07) is 20.3. The predicted octanol–water partition coefficient (Wildman–Crippen LogP) is 4.28. The van der Waals surface area contributed by atoms with Gasteiger partial charge in [-0.05, 0) is 55.0 Å². The largest absolute Gasteiger partial charge is 0.316 e. The van der Waals surface area contributed by atoms with Gasteiger partial charge in [0.05, 0.1) is 17.7 Å². The lowest BCUT2D eigenvalue weighted by molar-refractivity contribution is -0.118. The maximum Gasteiger partial charge on any atom is 0.250 e. The van der Waals surface area contributed by atoms with Gasteiger partial charge in [0.1, 0.15) is 0 Å². The summed E-state index contributed by atoms with van der Waals surface area (Å²) < 4.78 is 2.03. The van der Waals surface area contributed by atoms with Gasteiger partial charge in [-0.1, -0.05) is 42.1 Å². The van der Waals surface area contributed by atoms with Crippen molar-refractivity contribution in [2.24, 2.45) is 5.10 Å². The maximum atomic E-state index is 12.1. The summed E-state index contributed by atoms with van der Waals surface area (Å²) in [5, 5.41) is 7.07. The zero-order valence-electron chi connectivity index (χ0n) is 16.7. The number of fused-ring (bicyclic) bond motifs is 1. The molecular formula is C23H21N5OS. The van der Waals surface area contributed by atoms with E-state index in [0.717, 1.165) is 22.8 Å². The van der Waals surface area contributed by atoms with E-state index in [2.05, 4.69) is 50.8 Å². The number of hydrogen-bond acceptors (Lipinski definition) is 5. The van der Waals surface area contributed by atoms with E-state index < -0.39 is 0 Å². The number of nitrogens with zero attached hydrogens (tertiary/aromatic N) is 4. The number of aryl methyl sites for hydroxylation is 2. The number of hydrazone groups is 1. The maximum absolute atomic E-state index is 12.1. The Kier molecular flexibility index (Phi) is 5.90. The molecule has 2 heterocycles. The molecule has 0 aliphatic rings. The minimum atomic E-state index is -0.206. The van der Waals surface area contributed by atoms with Crippen molar-refractivity contribution in [2.45, 2.75) is 19.0 Å². The third-order valence-electron chi connectivity index (χ3n) is 4.47. The molecule has 1 amide bonds. The van der Waals surface area contributed by atoms with Gasteiger partial charge < -0.3 is 4.57 Å². The van der Waals surface area contributed by atoms with Crippen molar-refractivity contribution in [3.63, 3.8) is 0 Å². The summed E-state index contributed by atoms with van der Waals surface area (Å²) in [6.45, 7) is 3.82. The van der Waals surface area contributed by atoms with E-state index in [1.54, 1.807) is 6.21 Å². The molecule has 0 saturated carbocycles. The highest BCUT2D eigenvalue weighted by Crippen LogP contribution is 2.19. The van der Waals surface area contributed by atoms with Crippen LogP contribution in [0.2, 0.25) is 0 Å². The third-order valence-corrected chi connectivity index (χ3v) is 5.32. The van der Waals surface area contributed by atoms with Crippen LogP contribution in [0.15, 0.2) is 77.1 Å². The van der Waals surface area contributed by atoms with Crippen LogP contribution < -0.4 is 5.43 Å². The molecule has 0 aliphatic carbocycles. The van der Waals surface area contributed by atoms with Gasteiger partial charge in [0.15, 0.2) is 5.16 Å². The third kappa shape index (κ3) is 4.75. The molecule has 2 aromatic heterocycles. The van der Waals surface area contributed by atoms with Crippen LogP contribution in [0.5, 0.6) is 0 Å². The van der Waals surface area contributed by atoms with Crippen molar-refractivity contribution in [2.75, 3.05) is 5.75 Å². The molecule has 0 bridgehead atoms. The fourth-order valence-electron chi connectivity index (χ4n) is 3.15. The predicted molar refractivity (Wildman–Crippen MR) is 121 cm³/mol. The lowest BCUT2D eigenvalue weighted by atomic mass is 10.1. The SMILES string of the molecule is Cc1cc(C)nc(SCC(=O)N/N=C/c2cccn2-c2ccc3ccccc3c2)n1. The molecule has 2 aromatic carbocycles. The van der Waals surface area contributed by atoms with Gasteiger partial charge >= 0.3 is 0 Å². The lowest BCUT2D eigenvalue weighted by Gasteiger charge is -2.08. The smallest absolute Gasteiger partial charge is 0.250 e. The number of hydrogen-bond donors (Lipinski definition) is 1. The Morgan fingerprint density at radius 3 is 2.60 bits per heavy atom. The van der Waals surface area contributed by atoms with Gasteiger partial charge in [-0.25, -0.2) is 15.4 Å². The highest BCUT2D eigenvalue weighted by molar-refractivity contribution is 7.99. The van der Waals surface area contributed by atoms with Crippen molar-refractivity contribution >= 4 is 34.7 Å². The zero-order chi connectivity index (χ0) is 20.9. The van der Waals surface area contributed by atoms with E-state index in [0.29, 0.717) is 5.16 Å². The first-order valence-corrected chi connectivity index (χ1v) is 10.5. The molecular weight excluding hydrogens is 394 g/mol. The van der Waals surface area contributed by atoms with Crippen LogP contribution in [0.4, 0.5) is 0 Å². The van der Waals surface area contributed by atoms with E-state index in [9.17, 15) is 4.79 Å². The number of amides is 1. The van der Waals surface area contributed by atoms with Crippen molar-refractivity contribution in [3.05, 3.63) is 83.9 Å². The standard InChI is InChI=1S/C23H21N5OS/c1-16-12-17(2)26-23(25-16)30-15-22(29)27-24-14-21-8-5-11-28(21)20-10-9-18-6-3-4-7-19(18)13-20/h3-14H,15H2,1-2H3,(H,27,29)/b24-14+. The highest BCUT2D eigenvalue weighted by Gasteiger charge is 2.06. The highest BCUT2D eigenvalue weighted by atomic mass is 32.2. The van der Waals surface area contributed by atoms with Crippen LogP contribution >= 0.6 is 11.8 Å². The molecule has 4 rings (SSSR count). The Hall–Kier alpha value is -3.45. The molecule has 0 unspecified atom stereocenters. The minimum absolute atomic E-state index is 0.200. The number of rotatable bonds is 6. The van der Waals surface area contributed by atoms with Gasteiger partial charge in [-0.2, -0.15) is 5.10 Å². The van der Waals surface area contributed by atoms with Gasteiger partial charge in [0.2, 0.25) is 0 Å². The second-order valence-corrected chi connectivity index (χ2v) is 7.79. The molecule has 0 saturated heterocycles. The molecule has 0 spiro atoms. The minimum Gasteiger partial charge on any atom is -0.316 e. The first-order chi connectivity index (χ1) is 14.6. The van der Waals surface area contributed by atoms with E-state index in [-0.39, 0.29) is 11.7 Å². The number of carbonyl (C=O) groups excluding carboxylic acids is 1. The summed E-state index contributed by atoms with van der Waals surface area (Å²) in [5.74, 6) is -0.00540. The summed E-state index contributed by atoms with van der Waals surface area (Å²) >= 11 is 1.29. The van der Waals surface area contributed by atoms with Crippen molar-refractivity contribution in [3.8, 4) is 5.69 Å². The van der Waals surface area contributed by atoms with Crippen LogP contribution in [0.25, 0.3) is 16.5 Å². The molecule has 150 valence electrons. The Morgan fingerprint density at radius 2 is 1.80 bits per heavy atom. The molecule has 0 aliphatic heterocycles. The fraction of sp³-hybridized carbons (Fsp3) is 0.130. The topological polar surface area (TPSA) is 72.2 Å². The Morgan fingerprint density at radius 1 is 1.03 bits per heavy atom. The summed E-state index contributed by atoms with van der Waals surface area (Å²) in [4.78, 5) is 20.8. The number of thioether (sulfide) groups is 1. The van der Waals surface area contributed by atoms with Crippen LogP contribution in [0.1, 0.15) is 17.1 Å². The summed E-state index contributed by atoms with van der Waals surface area (Å²) in [7, 11) is 0. The average Bonchev–Trinajstić information content (AvgIpc) is 3.20. The molecule has 1 N–H and O–H groups in total.